The highest BCUT2D eigenvalue weighted by molar-refractivity contribution is 9.40. The third-order valence-corrected chi connectivity index (χ3v) is 3.18. The van der Waals surface area contributed by atoms with Crippen molar-refractivity contribution in [3.05, 3.63) is 23.8 Å². The van der Waals surface area contributed by atoms with Crippen LogP contribution in [0.1, 0.15) is 6.42 Å². The summed E-state index contributed by atoms with van der Waals surface area (Å²) < 4.78 is 0. The van der Waals surface area contributed by atoms with Gasteiger partial charge in [-0.2, -0.15) is 0 Å². The Balaban J connectivity index is 2.49. The van der Waals surface area contributed by atoms with Crippen LogP contribution in [0, 0.1) is 0 Å². The van der Waals surface area contributed by atoms with E-state index in [-0.39, 0.29) is 6.62 Å². The first-order valence-electron chi connectivity index (χ1n) is 2.17. The monoisotopic (exact) mass is 176 g/mol. The molecule has 1 aliphatic rings. The number of rotatable bonds is 0. The molecule has 38 valence electrons. The maximum absolute atomic E-state index is 3.48. The van der Waals surface area contributed by atoms with Crippen molar-refractivity contribution in [1.29, 1.82) is 0 Å². The summed E-state index contributed by atoms with van der Waals surface area (Å²) >= 11 is 3.48. The Morgan fingerprint density at radius 1 is 1.29 bits per heavy atom. The van der Waals surface area contributed by atoms with Gasteiger partial charge in [0.2, 0.25) is 0 Å². The number of hydrogen-bond acceptors (Lipinski definition) is 0. The number of allylic oxidation sites excluding steroid dienone is 2. The number of halogens is 1. The lowest BCUT2D eigenvalue weighted by molar-refractivity contribution is 1.41. The Morgan fingerprint density at radius 3 is 2.14 bits per heavy atom. The standard InChI is InChI=1S/C5H6BrP/c6-7-4-2-1-3-5-7/h2-5H,1H2. The van der Waals surface area contributed by atoms with Gasteiger partial charge in [-0.25, -0.2) is 0 Å². The molecule has 0 aromatic carbocycles. The maximum atomic E-state index is 3.48. The molecule has 1 heterocycles. The van der Waals surface area contributed by atoms with Gasteiger partial charge in [-0.05, 0) is 18.1 Å². The minimum absolute atomic E-state index is 0.0403. The van der Waals surface area contributed by atoms with Crippen LogP contribution in [0.15, 0.2) is 23.8 Å². The first-order chi connectivity index (χ1) is 3.39. The summed E-state index contributed by atoms with van der Waals surface area (Å²) in [6.45, 7) is -0.0403. The molecule has 0 nitrogen and oxygen atoms in total. The van der Waals surface area contributed by atoms with Crippen LogP contribution in [0.5, 0.6) is 0 Å². The van der Waals surface area contributed by atoms with E-state index in [1.54, 1.807) is 0 Å². The fourth-order valence-corrected chi connectivity index (χ4v) is 2.20. The first-order valence-corrected chi connectivity index (χ1v) is 5.67. The van der Waals surface area contributed by atoms with Crippen LogP contribution in [-0.2, 0) is 0 Å². The van der Waals surface area contributed by atoms with Crippen molar-refractivity contribution < 1.29 is 0 Å². The van der Waals surface area contributed by atoms with E-state index in [0.717, 1.165) is 6.42 Å². The summed E-state index contributed by atoms with van der Waals surface area (Å²) in [5, 5.41) is 0. The van der Waals surface area contributed by atoms with Gasteiger partial charge < -0.3 is 0 Å². The molecule has 0 saturated carbocycles. The van der Waals surface area contributed by atoms with Crippen LogP contribution in [-0.4, -0.2) is 0 Å². The van der Waals surface area contributed by atoms with Crippen molar-refractivity contribution in [3.8, 4) is 0 Å². The molecule has 0 radical (unpaired) electrons. The van der Waals surface area contributed by atoms with E-state index in [9.17, 15) is 0 Å². The summed E-state index contributed by atoms with van der Waals surface area (Å²) in [5.41, 5.74) is 0. The predicted octanol–water partition coefficient (Wildman–Crippen LogP) is 3.21. The topological polar surface area (TPSA) is 0 Å². The highest BCUT2D eigenvalue weighted by Crippen LogP contribution is 2.48. The first kappa shape index (κ1) is 5.53. The van der Waals surface area contributed by atoms with E-state index in [0.29, 0.717) is 0 Å². The summed E-state index contributed by atoms with van der Waals surface area (Å²) in [5.74, 6) is 4.41. The number of hydrogen-bond donors (Lipinski definition) is 0. The molecule has 0 atom stereocenters. The summed E-state index contributed by atoms with van der Waals surface area (Å²) in [4.78, 5) is 0. The molecule has 0 spiro atoms. The Hall–Kier alpha value is 0.390. The smallest absolute Gasteiger partial charge is 0.0111 e. The molecule has 0 bridgehead atoms. The van der Waals surface area contributed by atoms with Crippen molar-refractivity contribution in [2.45, 2.75) is 6.42 Å². The summed E-state index contributed by atoms with van der Waals surface area (Å²) in [7, 11) is 0. The highest BCUT2D eigenvalue weighted by Gasteiger charge is 1.92. The SMILES string of the molecule is BrP1C=CCC=C1. The predicted molar refractivity (Wildman–Crippen MR) is 38.7 cm³/mol. The molecule has 0 unspecified atom stereocenters. The van der Waals surface area contributed by atoms with Crippen LogP contribution >= 0.6 is 22.1 Å². The maximum Gasteiger partial charge on any atom is 0.0111 e. The second-order valence-electron chi connectivity index (χ2n) is 1.35. The average molecular weight is 177 g/mol. The molecule has 1 aliphatic heterocycles. The zero-order valence-electron chi connectivity index (χ0n) is 3.84. The van der Waals surface area contributed by atoms with Crippen LogP contribution in [0.3, 0.4) is 0 Å². The molecule has 0 N–H and O–H groups in total. The van der Waals surface area contributed by atoms with E-state index >= 15 is 0 Å². The molecule has 2 heteroatoms. The van der Waals surface area contributed by atoms with Gasteiger partial charge in [0.1, 0.15) is 0 Å². The van der Waals surface area contributed by atoms with Gasteiger partial charge in [0.25, 0.3) is 0 Å². The zero-order valence-corrected chi connectivity index (χ0v) is 6.32. The molecule has 1 rings (SSSR count). The summed E-state index contributed by atoms with van der Waals surface area (Å²) in [6.07, 6.45) is 5.48. The molecule has 0 aromatic heterocycles. The molecule has 0 fully saturated rings. The van der Waals surface area contributed by atoms with Crippen molar-refractivity contribution in [3.63, 3.8) is 0 Å². The lowest BCUT2D eigenvalue weighted by atomic mass is 10.4. The van der Waals surface area contributed by atoms with Gasteiger partial charge in [0.15, 0.2) is 0 Å². The van der Waals surface area contributed by atoms with Crippen molar-refractivity contribution in [2.24, 2.45) is 0 Å². The Bertz CT molecular complexity index is 94.6. The second-order valence-corrected chi connectivity index (χ2v) is 5.09. The van der Waals surface area contributed by atoms with E-state index < -0.39 is 0 Å². The second kappa shape index (κ2) is 2.64. The molecule has 0 saturated heterocycles. The van der Waals surface area contributed by atoms with Crippen LogP contribution < -0.4 is 0 Å². The van der Waals surface area contributed by atoms with Gasteiger partial charge in [-0.3, -0.25) is 0 Å². The minimum Gasteiger partial charge on any atom is -0.0792 e. The highest BCUT2D eigenvalue weighted by atomic mass is 79.9. The van der Waals surface area contributed by atoms with Crippen LogP contribution in [0.2, 0.25) is 0 Å². The van der Waals surface area contributed by atoms with Gasteiger partial charge in [-0.15, -0.1) is 0 Å². The largest absolute Gasteiger partial charge is 0.0792 e. The lowest BCUT2D eigenvalue weighted by Gasteiger charge is -1.98. The molecule has 0 aliphatic carbocycles. The quantitative estimate of drug-likeness (QED) is 0.498. The van der Waals surface area contributed by atoms with Gasteiger partial charge in [-0.1, -0.05) is 27.6 Å². The van der Waals surface area contributed by atoms with E-state index in [4.69, 9.17) is 0 Å². The third kappa shape index (κ3) is 1.75. The fourth-order valence-electron chi connectivity index (χ4n) is 0.451. The normalized spacial score (nSPS) is 20.7. The summed E-state index contributed by atoms with van der Waals surface area (Å²) in [6, 6.07) is 0. The van der Waals surface area contributed by atoms with E-state index in [1.165, 1.54) is 0 Å². The van der Waals surface area contributed by atoms with Gasteiger partial charge in [0, 0.05) is 6.62 Å². The van der Waals surface area contributed by atoms with E-state index in [1.807, 2.05) is 0 Å². The van der Waals surface area contributed by atoms with Crippen molar-refractivity contribution in [2.75, 3.05) is 0 Å². The lowest BCUT2D eigenvalue weighted by Crippen LogP contribution is -1.61. The molecular weight excluding hydrogens is 171 g/mol. The molecule has 0 aromatic rings. The van der Waals surface area contributed by atoms with Crippen LogP contribution in [0.4, 0.5) is 0 Å². The molecule has 7 heavy (non-hydrogen) atoms. The third-order valence-electron chi connectivity index (χ3n) is 0.768. The minimum atomic E-state index is -0.0403. The fraction of sp³-hybridized carbons (Fsp3) is 0.200. The molecule has 0 amide bonds. The van der Waals surface area contributed by atoms with Crippen molar-refractivity contribution >= 4 is 22.1 Å². The Labute approximate surface area is 52.8 Å². The van der Waals surface area contributed by atoms with Crippen LogP contribution in [0.25, 0.3) is 0 Å². The van der Waals surface area contributed by atoms with Gasteiger partial charge >= 0.3 is 0 Å². The van der Waals surface area contributed by atoms with Crippen molar-refractivity contribution in [1.82, 2.24) is 0 Å². The van der Waals surface area contributed by atoms with Gasteiger partial charge in [0.05, 0.1) is 0 Å². The Kier molecular flexibility index (Phi) is 2.08. The average Bonchev–Trinajstić information content (AvgIpc) is 1.69. The van der Waals surface area contributed by atoms with E-state index in [2.05, 4.69) is 39.3 Å². The Morgan fingerprint density at radius 2 is 1.86 bits per heavy atom. The zero-order chi connectivity index (χ0) is 5.11. The molecular formula is C5H6BrP.